The Morgan fingerprint density at radius 3 is 2.34 bits per heavy atom. The molecule has 1 aliphatic carbocycles. The van der Waals surface area contributed by atoms with Crippen LogP contribution in [0.1, 0.15) is 56.9 Å². The number of fused-ring (bicyclic) bond motifs is 1. The summed E-state index contributed by atoms with van der Waals surface area (Å²) in [5.41, 5.74) is 1.06. The number of rotatable bonds is 7. The Morgan fingerprint density at radius 2 is 1.69 bits per heavy atom. The second kappa shape index (κ2) is 10.5. The van der Waals surface area contributed by atoms with Crippen LogP contribution < -0.4 is 0 Å². The van der Waals surface area contributed by atoms with Crippen LogP contribution >= 0.6 is 11.6 Å². The molecule has 35 heavy (non-hydrogen) atoms. The SMILES string of the molecule is CC(C)=CC[C@@H](OC(=O)/C=C\C(=O)c1cc(Cl)ccc1C)C1=CC(=O)c2c(O)ccc(O)c2C1=O. The number of aryl methyl sites for hydroxylation is 1. The minimum absolute atomic E-state index is 0.0724. The number of halogens is 1. The largest absolute Gasteiger partial charge is 0.507 e. The van der Waals surface area contributed by atoms with Gasteiger partial charge in [0.1, 0.15) is 17.6 Å². The number of ketones is 3. The van der Waals surface area contributed by atoms with E-state index in [4.69, 9.17) is 16.3 Å². The van der Waals surface area contributed by atoms with Crippen molar-refractivity contribution < 1.29 is 34.1 Å². The van der Waals surface area contributed by atoms with Gasteiger partial charge in [-0.25, -0.2) is 4.79 Å². The molecule has 2 N–H and O–H groups in total. The zero-order chi connectivity index (χ0) is 25.9. The fraction of sp³-hybridized carbons (Fsp3) is 0.185. The third-order valence-corrected chi connectivity index (χ3v) is 5.60. The molecule has 3 rings (SSSR count). The Morgan fingerprint density at radius 1 is 1.03 bits per heavy atom. The van der Waals surface area contributed by atoms with Gasteiger partial charge in [0.2, 0.25) is 0 Å². The van der Waals surface area contributed by atoms with E-state index in [0.717, 1.165) is 35.9 Å². The molecule has 0 radical (unpaired) electrons. The molecule has 0 heterocycles. The number of ether oxygens (including phenoxy) is 1. The van der Waals surface area contributed by atoms with Gasteiger partial charge in [-0.1, -0.05) is 29.3 Å². The van der Waals surface area contributed by atoms with Gasteiger partial charge >= 0.3 is 5.97 Å². The molecule has 0 saturated heterocycles. The Labute approximate surface area is 207 Å². The molecule has 180 valence electrons. The predicted octanol–water partition coefficient (Wildman–Crippen LogP) is 5.07. The highest BCUT2D eigenvalue weighted by atomic mass is 35.5. The number of esters is 1. The molecule has 0 bridgehead atoms. The zero-order valence-electron chi connectivity index (χ0n) is 19.3. The molecule has 0 saturated carbocycles. The first kappa shape index (κ1) is 25.6. The minimum Gasteiger partial charge on any atom is -0.507 e. The minimum atomic E-state index is -1.17. The van der Waals surface area contributed by atoms with Crippen LogP contribution in [-0.4, -0.2) is 39.6 Å². The van der Waals surface area contributed by atoms with Gasteiger partial charge in [0, 0.05) is 28.7 Å². The average molecular weight is 495 g/mol. The average Bonchev–Trinajstić information content (AvgIpc) is 2.80. The van der Waals surface area contributed by atoms with Crippen molar-refractivity contribution in [3.05, 3.63) is 93.1 Å². The summed E-state index contributed by atoms with van der Waals surface area (Å²) in [7, 11) is 0. The first-order valence-electron chi connectivity index (χ1n) is 10.7. The lowest BCUT2D eigenvalue weighted by Crippen LogP contribution is -2.28. The molecule has 7 nitrogen and oxygen atoms in total. The van der Waals surface area contributed by atoms with E-state index >= 15 is 0 Å². The summed E-state index contributed by atoms with van der Waals surface area (Å²) in [6.07, 6.45) is 3.59. The number of phenols is 2. The van der Waals surface area contributed by atoms with E-state index in [1.165, 1.54) is 6.07 Å². The maximum absolute atomic E-state index is 13.1. The van der Waals surface area contributed by atoms with Gasteiger partial charge in [-0.2, -0.15) is 0 Å². The first-order valence-corrected chi connectivity index (χ1v) is 11.1. The van der Waals surface area contributed by atoms with Gasteiger partial charge < -0.3 is 14.9 Å². The molecule has 0 amide bonds. The molecule has 0 fully saturated rings. The summed E-state index contributed by atoms with van der Waals surface area (Å²) >= 11 is 5.95. The van der Waals surface area contributed by atoms with Crippen molar-refractivity contribution in [2.75, 3.05) is 0 Å². The third kappa shape index (κ3) is 5.75. The number of aromatic hydroxyl groups is 2. The molecular weight excluding hydrogens is 472 g/mol. The molecule has 2 aromatic rings. The van der Waals surface area contributed by atoms with Crippen molar-refractivity contribution in [2.45, 2.75) is 33.3 Å². The van der Waals surface area contributed by atoms with Gasteiger partial charge in [-0.15, -0.1) is 0 Å². The number of benzene rings is 2. The van der Waals surface area contributed by atoms with Crippen molar-refractivity contribution in [1.82, 2.24) is 0 Å². The number of carbonyl (C=O) groups is 4. The van der Waals surface area contributed by atoms with E-state index in [0.29, 0.717) is 16.1 Å². The molecule has 2 aromatic carbocycles. The molecule has 1 atom stereocenters. The lowest BCUT2D eigenvalue weighted by atomic mass is 9.85. The number of Topliss-reactive ketones (excluding diaryl/α,β-unsaturated/α-hetero) is 1. The summed E-state index contributed by atoms with van der Waals surface area (Å²) < 4.78 is 5.45. The summed E-state index contributed by atoms with van der Waals surface area (Å²) in [6, 6.07) is 7.03. The monoisotopic (exact) mass is 494 g/mol. The van der Waals surface area contributed by atoms with Crippen LogP contribution in [0.5, 0.6) is 11.5 Å². The number of phenolic OH excluding ortho intramolecular Hbond substituents is 2. The molecule has 0 aliphatic heterocycles. The smallest absolute Gasteiger partial charge is 0.331 e. The highest BCUT2D eigenvalue weighted by molar-refractivity contribution is 6.31. The lowest BCUT2D eigenvalue weighted by molar-refractivity contribution is -0.141. The van der Waals surface area contributed by atoms with Gasteiger partial charge in [-0.05, 0) is 62.8 Å². The van der Waals surface area contributed by atoms with Crippen molar-refractivity contribution in [3.63, 3.8) is 0 Å². The summed E-state index contributed by atoms with van der Waals surface area (Å²) in [5, 5.41) is 20.6. The number of allylic oxidation sites excluding steroid dienone is 3. The number of carbonyl (C=O) groups excluding carboxylic acids is 4. The molecule has 1 aliphatic rings. The second-order valence-electron chi connectivity index (χ2n) is 8.25. The van der Waals surface area contributed by atoms with Crippen LogP contribution in [0.15, 0.2) is 65.8 Å². The van der Waals surface area contributed by atoms with E-state index < -0.39 is 40.9 Å². The summed E-state index contributed by atoms with van der Waals surface area (Å²) in [6.45, 7) is 5.35. The van der Waals surface area contributed by atoms with Crippen LogP contribution in [-0.2, 0) is 9.53 Å². The van der Waals surface area contributed by atoms with Crippen molar-refractivity contribution in [3.8, 4) is 11.5 Å². The Balaban J connectivity index is 1.89. The van der Waals surface area contributed by atoms with Gasteiger partial charge in [0.05, 0.1) is 11.1 Å². The van der Waals surface area contributed by atoms with E-state index in [2.05, 4.69) is 0 Å². The highest BCUT2D eigenvalue weighted by Crippen LogP contribution is 2.36. The lowest BCUT2D eigenvalue weighted by Gasteiger charge is -2.23. The van der Waals surface area contributed by atoms with Crippen LogP contribution in [0, 0.1) is 6.92 Å². The van der Waals surface area contributed by atoms with Crippen molar-refractivity contribution in [2.24, 2.45) is 0 Å². The first-order chi connectivity index (χ1) is 16.5. The molecule has 0 unspecified atom stereocenters. The zero-order valence-corrected chi connectivity index (χ0v) is 20.1. The van der Waals surface area contributed by atoms with Crippen LogP contribution in [0.3, 0.4) is 0 Å². The maximum atomic E-state index is 13.1. The molecule has 8 heteroatoms. The predicted molar refractivity (Wildman–Crippen MR) is 130 cm³/mol. The van der Waals surface area contributed by atoms with E-state index in [-0.39, 0.29) is 23.1 Å². The van der Waals surface area contributed by atoms with E-state index in [9.17, 15) is 29.4 Å². The molecule has 0 spiro atoms. The summed E-state index contributed by atoms with van der Waals surface area (Å²) in [5.74, 6) is -3.73. The van der Waals surface area contributed by atoms with E-state index in [1.807, 2.05) is 13.8 Å². The fourth-order valence-corrected chi connectivity index (χ4v) is 3.75. The van der Waals surface area contributed by atoms with Crippen molar-refractivity contribution >= 4 is 34.9 Å². The second-order valence-corrected chi connectivity index (χ2v) is 8.68. The van der Waals surface area contributed by atoms with Crippen LogP contribution in [0.2, 0.25) is 5.02 Å². The van der Waals surface area contributed by atoms with Gasteiger partial charge in [-0.3, -0.25) is 14.4 Å². The molecular formula is C27H23ClO7. The number of hydrogen-bond donors (Lipinski definition) is 2. The fourth-order valence-electron chi connectivity index (χ4n) is 3.58. The Hall–Kier alpha value is -3.97. The van der Waals surface area contributed by atoms with E-state index in [1.54, 1.807) is 25.1 Å². The normalized spacial score (nSPS) is 13.8. The van der Waals surface area contributed by atoms with Gasteiger partial charge in [0.25, 0.3) is 0 Å². The standard InChI is InChI=1S/C27H23ClO7/c1-14(2)4-10-23(18-13-22(32)25-20(30)7-8-21(31)26(25)27(18)34)35-24(33)11-9-19(29)17-12-16(28)6-5-15(17)3/h4-9,11-13,23,30-31H,10H2,1-3H3/b11-9-/t23-/m1/s1. The highest BCUT2D eigenvalue weighted by Gasteiger charge is 2.35. The Bertz CT molecular complexity index is 1330. The van der Waals surface area contributed by atoms with Crippen molar-refractivity contribution in [1.29, 1.82) is 0 Å². The number of hydrogen-bond acceptors (Lipinski definition) is 7. The maximum Gasteiger partial charge on any atom is 0.331 e. The van der Waals surface area contributed by atoms with Gasteiger partial charge in [0.15, 0.2) is 17.3 Å². The quantitative estimate of drug-likeness (QED) is 0.181. The van der Waals surface area contributed by atoms with Crippen LogP contribution in [0.25, 0.3) is 0 Å². The Kier molecular flexibility index (Phi) is 7.71. The third-order valence-electron chi connectivity index (χ3n) is 5.36. The topological polar surface area (TPSA) is 118 Å². The molecule has 0 aromatic heterocycles. The summed E-state index contributed by atoms with van der Waals surface area (Å²) in [4.78, 5) is 50.8. The van der Waals surface area contributed by atoms with Crippen LogP contribution in [0.4, 0.5) is 0 Å².